The number of benzene rings is 1. The topological polar surface area (TPSA) is 59.2 Å². The quantitative estimate of drug-likeness (QED) is 0.896. The second-order valence-corrected chi connectivity index (χ2v) is 8.00. The van der Waals surface area contributed by atoms with Crippen molar-refractivity contribution >= 4 is 28.4 Å². The number of fused-ring (bicyclic) bond motifs is 1. The molecular weight excluding hydrogens is 322 g/mol. The average Bonchev–Trinajstić information content (AvgIpc) is 3.37. The van der Waals surface area contributed by atoms with E-state index >= 15 is 0 Å². The molecule has 1 heterocycles. The van der Waals surface area contributed by atoms with E-state index in [1.165, 1.54) is 0 Å². The lowest BCUT2D eigenvalue weighted by molar-refractivity contribution is 0.0742. The Balaban J connectivity index is 2.03. The molecule has 1 saturated carbocycles. The molecule has 0 bridgehead atoms. The minimum Gasteiger partial charge on any atom is -0.341 e. The number of halogens is 1. The number of hydrogen-bond donors (Lipinski definition) is 1. The SMILES string of the molecule is CN(CC(C)(C)CN)C(=O)c1cc(C2CC2)nc2ccc(Cl)cc12. The number of nitrogens with two attached hydrogens (primary N) is 1. The van der Waals surface area contributed by atoms with Crippen LogP contribution in [-0.4, -0.2) is 35.9 Å². The minimum atomic E-state index is -0.121. The summed E-state index contributed by atoms with van der Waals surface area (Å²) in [4.78, 5) is 19.5. The van der Waals surface area contributed by atoms with Crippen molar-refractivity contribution in [3.05, 3.63) is 40.5 Å². The van der Waals surface area contributed by atoms with Crippen LogP contribution in [0, 0.1) is 5.41 Å². The molecule has 4 nitrogen and oxygen atoms in total. The Morgan fingerprint density at radius 1 is 1.38 bits per heavy atom. The first-order chi connectivity index (χ1) is 11.3. The van der Waals surface area contributed by atoms with E-state index in [0.29, 0.717) is 29.6 Å². The summed E-state index contributed by atoms with van der Waals surface area (Å²) in [6, 6.07) is 7.49. The molecule has 0 aliphatic heterocycles. The van der Waals surface area contributed by atoms with Crippen molar-refractivity contribution in [1.29, 1.82) is 0 Å². The van der Waals surface area contributed by atoms with Gasteiger partial charge in [0.1, 0.15) is 0 Å². The Labute approximate surface area is 148 Å². The van der Waals surface area contributed by atoms with Gasteiger partial charge in [-0.05, 0) is 49.1 Å². The highest BCUT2D eigenvalue weighted by Gasteiger charge is 2.28. The van der Waals surface area contributed by atoms with Gasteiger partial charge in [-0.1, -0.05) is 25.4 Å². The third-order valence-corrected chi connectivity index (χ3v) is 4.82. The smallest absolute Gasteiger partial charge is 0.254 e. The minimum absolute atomic E-state index is 0.00640. The standard InChI is InChI=1S/C19H24ClN3O/c1-19(2,10-21)11-23(3)18(24)15-9-17(12-4-5-12)22-16-7-6-13(20)8-14(15)16/h6-9,12H,4-5,10-11,21H2,1-3H3. The zero-order valence-corrected chi connectivity index (χ0v) is 15.2. The molecule has 0 saturated heterocycles. The van der Waals surface area contributed by atoms with Gasteiger partial charge in [-0.15, -0.1) is 0 Å². The van der Waals surface area contributed by atoms with Gasteiger partial charge in [0, 0.05) is 35.6 Å². The van der Waals surface area contributed by atoms with Crippen LogP contribution in [0.1, 0.15) is 48.7 Å². The number of rotatable bonds is 5. The maximum atomic E-state index is 13.1. The van der Waals surface area contributed by atoms with E-state index in [4.69, 9.17) is 22.3 Å². The zero-order chi connectivity index (χ0) is 17.5. The van der Waals surface area contributed by atoms with Gasteiger partial charge in [0.15, 0.2) is 0 Å². The molecule has 128 valence electrons. The fourth-order valence-corrected chi connectivity index (χ4v) is 3.14. The summed E-state index contributed by atoms with van der Waals surface area (Å²) < 4.78 is 0. The Kier molecular flexibility index (Phi) is 4.54. The fraction of sp³-hybridized carbons (Fsp3) is 0.474. The summed E-state index contributed by atoms with van der Waals surface area (Å²) in [5.41, 5.74) is 8.22. The highest BCUT2D eigenvalue weighted by Crippen LogP contribution is 2.40. The van der Waals surface area contributed by atoms with Gasteiger partial charge in [-0.2, -0.15) is 0 Å². The number of carbonyl (C=O) groups excluding carboxylic acids is 1. The molecule has 0 spiro atoms. The average molecular weight is 346 g/mol. The number of pyridine rings is 1. The van der Waals surface area contributed by atoms with Crippen LogP contribution >= 0.6 is 11.6 Å². The molecule has 1 aromatic heterocycles. The number of amides is 1. The molecule has 0 radical (unpaired) electrons. The van der Waals surface area contributed by atoms with Crippen molar-refractivity contribution < 1.29 is 4.79 Å². The van der Waals surface area contributed by atoms with Crippen molar-refractivity contribution in [3.63, 3.8) is 0 Å². The molecule has 0 unspecified atom stereocenters. The predicted octanol–water partition coefficient (Wildman–Crippen LogP) is 3.82. The van der Waals surface area contributed by atoms with E-state index in [1.807, 2.05) is 31.3 Å². The van der Waals surface area contributed by atoms with Crippen LogP contribution in [0.4, 0.5) is 0 Å². The lowest BCUT2D eigenvalue weighted by Gasteiger charge is -2.29. The Bertz CT molecular complexity index is 784. The van der Waals surface area contributed by atoms with E-state index in [1.54, 1.807) is 4.90 Å². The van der Waals surface area contributed by atoms with Gasteiger partial charge in [0.2, 0.25) is 0 Å². The number of carbonyl (C=O) groups is 1. The molecule has 0 atom stereocenters. The molecule has 3 rings (SSSR count). The summed E-state index contributed by atoms with van der Waals surface area (Å²) in [5.74, 6) is 0.482. The first-order valence-electron chi connectivity index (χ1n) is 8.36. The van der Waals surface area contributed by atoms with Gasteiger partial charge in [0.05, 0.1) is 11.1 Å². The summed E-state index contributed by atoms with van der Waals surface area (Å²) in [6.07, 6.45) is 2.30. The van der Waals surface area contributed by atoms with Crippen molar-refractivity contribution in [1.82, 2.24) is 9.88 Å². The van der Waals surface area contributed by atoms with E-state index in [0.717, 1.165) is 29.4 Å². The molecule has 24 heavy (non-hydrogen) atoms. The normalized spacial score (nSPS) is 14.9. The van der Waals surface area contributed by atoms with Crippen LogP contribution in [0.25, 0.3) is 10.9 Å². The Morgan fingerprint density at radius 3 is 2.71 bits per heavy atom. The van der Waals surface area contributed by atoms with Crippen molar-refractivity contribution in [2.24, 2.45) is 11.1 Å². The monoisotopic (exact) mass is 345 g/mol. The van der Waals surface area contributed by atoms with Crippen molar-refractivity contribution in [3.8, 4) is 0 Å². The maximum Gasteiger partial charge on any atom is 0.254 e. The lowest BCUT2D eigenvalue weighted by atomic mass is 9.93. The number of nitrogens with zero attached hydrogens (tertiary/aromatic N) is 2. The molecule has 2 N–H and O–H groups in total. The molecule has 1 aliphatic rings. The van der Waals surface area contributed by atoms with Crippen molar-refractivity contribution in [2.45, 2.75) is 32.6 Å². The Morgan fingerprint density at radius 2 is 2.08 bits per heavy atom. The van der Waals surface area contributed by atoms with Crippen molar-refractivity contribution in [2.75, 3.05) is 20.1 Å². The third-order valence-electron chi connectivity index (χ3n) is 4.58. The van der Waals surface area contributed by atoms with Gasteiger partial charge in [-0.3, -0.25) is 9.78 Å². The van der Waals surface area contributed by atoms with Gasteiger partial charge >= 0.3 is 0 Å². The summed E-state index contributed by atoms with van der Waals surface area (Å²) in [6.45, 7) is 5.26. The second kappa shape index (κ2) is 6.34. The number of hydrogen-bond acceptors (Lipinski definition) is 3. The van der Waals surface area contributed by atoms with Crippen LogP contribution in [0.5, 0.6) is 0 Å². The first kappa shape index (κ1) is 17.2. The lowest BCUT2D eigenvalue weighted by Crippen LogP contribution is -2.39. The summed E-state index contributed by atoms with van der Waals surface area (Å²) >= 11 is 6.15. The molecule has 1 amide bonds. The maximum absolute atomic E-state index is 13.1. The van der Waals surface area contributed by atoms with Crippen LogP contribution in [0.2, 0.25) is 5.02 Å². The highest BCUT2D eigenvalue weighted by atomic mass is 35.5. The van der Waals surface area contributed by atoms with Gasteiger partial charge < -0.3 is 10.6 Å². The largest absolute Gasteiger partial charge is 0.341 e. The van der Waals surface area contributed by atoms with E-state index in [9.17, 15) is 4.79 Å². The van der Waals surface area contributed by atoms with Crippen LogP contribution in [-0.2, 0) is 0 Å². The summed E-state index contributed by atoms with van der Waals surface area (Å²) in [5, 5.41) is 1.43. The van der Waals surface area contributed by atoms with E-state index in [2.05, 4.69) is 13.8 Å². The zero-order valence-electron chi connectivity index (χ0n) is 14.5. The van der Waals surface area contributed by atoms with Crippen LogP contribution < -0.4 is 5.73 Å². The molecule has 5 heteroatoms. The molecule has 2 aromatic rings. The number of aromatic nitrogens is 1. The molecule has 1 aliphatic carbocycles. The van der Waals surface area contributed by atoms with E-state index in [-0.39, 0.29) is 11.3 Å². The van der Waals surface area contributed by atoms with Crippen LogP contribution in [0.15, 0.2) is 24.3 Å². The fourth-order valence-electron chi connectivity index (χ4n) is 2.97. The second-order valence-electron chi connectivity index (χ2n) is 7.56. The van der Waals surface area contributed by atoms with E-state index < -0.39 is 0 Å². The third kappa shape index (κ3) is 3.55. The highest BCUT2D eigenvalue weighted by molar-refractivity contribution is 6.31. The molecule has 1 fully saturated rings. The molecule has 1 aromatic carbocycles. The van der Waals surface area contributed by atoms with Gasteiger partial charge in [0.25, 0.3) is 5.91 Å². The van der Waals surface area contributed by atoms with Gasteiger partial charge in [-0.25, -0.2) is 0 Å². The molecular formula is C19H24ClN3O. The Hall–Kier alpha value is -1.65. The summed E-state index contributed by atoms with van der Waals surface area (Å²) in [7, 11) is 1.83. The van der Waals surface area contributed by atoms with Crippen LogP contribution in [0.3, 0.4) is 0 Å². The predicted molar refractivity (Wildman–Crippen MR) is 98.5 cm³/mol. The first-order valence-corrected chi connectivity index (χ1v) is 8.74.